The molecule has 0 aliphatic carbocycles. The van der Waals surface area contributed by atoms with Gasteiger partial charge in [0.05, 0.1) is 10.0 Å². The highest BCUT2D eigenvalue weighted by Crippen LogP contribution is 2.22. The van der Waals surface area contributed by atoms with Gasteiger partial charge >= 0.3 is 0 Å². The van der Waals surface area contributed by atoms with Crippen molar-refractivity contribution in [1.29, 1.82) is 0 Å². The van der Waals surface area contributed by atoms with Crippen molar-refractivity contribution in [1.82, 2.24) is 0 Å². The summed E-state index contributed by atoms with van der Waals surface area (Å²) in [6.45, 7) is 0. The fraction of sp³-hybridized carbons (Fsp3) is 0. The van der Waals surface area contributed by atoms with Crippen molar-refractivity contribution in [3.8, 4) is 12.3 Å². The first-order valence-corrected chi connectivity index (χ1v) is 3.52. The summed E-state index contributed by atoms with van der Waals surface area (Å²) in [5, 5.41) is 0.191. The molecule has 0 heterocycles. The van der Waals surface area contributed by atoms with Gasteiger partial charge in [0, 0.05) is 5.56 Å². The minimum Gasteiger partial charge on any atom is -0.205 e. The molecule has 0 N–H and O–H groups in total. The topological polar surface area (TPSA) is 0 Å². The largest absolute Gasteiger partial charge is 0.205 e. The summed E-state index contributed by atoms with van der Waals surface area (Å²) in [6, 6.07) is 2.41. The summed E-state index contributed by atoms with van der Waals surface area (Å²) in [4.78, 5) is 0. The summed E-state index contributed by atoms with van der Waals surface area (Å²) in [6.07, 6.45) is 5.05. The predicted molar refractivity (Wildman–Crippen MR) is 44.4 cm³/mol. The summed E-state index contributed by atoms with van der Waals surface area (Å²) in [5.74, 6) is 1.72. The van der Waals surface area contributed by atoms with E-state index in [1.165, 1.54) is 6.07 Å². The Labute approximate surface area is 73.9 Å². The zero-order valence-corrected chi connectivity index (χ0v) is 6.88. The molecule has 1 aromatic carbocycles. The number of hydrogen-bond acceptors (Lipinski definition) is 0. The highest BCUT2D eigenvalue weighted by molar-refractivity contribution is 6.34. The standard InChI is InChI=1S/C8H3Cl2F/c1-2-5-3-7(10)8(11)4-6(5)9/h1,3-4H. The third kappa shape index (κ3) is 1.65. The van der Waals surface area contributed by atoms with Crippen molar-refractivity contribution >= 4 is 23.2 Å². The lowest BCUT2D eigenvalue weighted by Gasteiger charge is -1.97. The maximum absolute atomic E-state index is 12.6. The minimum atomic E-state index is -0.560. The first kappa shape index (κ1) is 8.39. The third-order valence-electron chi connectivity index (χ3n) is 1.17. The first-order valence-electron chi connectivity index (χ1n) is 2.76. The molecule has 0 saturated heterocycles. The molecule has 0 radical (unpaired) electrons. The lowest BCUT2D eigenvalue weighted by Crippen LogP contribution is -1.81. The molecule has 0 unspecified atom stereocenters. The van der Waals surface area contributed by atoms with Gasteiger partial charge in [-0.15, -0.1) is 6.42 Å². The van der Waals surface area contributed by atoms with E-state index in [4.69, 9.17) is 29.6 Å². The van der Waals surface area contributed by atoms with Gasteiger partial charge in [0.25, 0.3) is 0 Å². The second kappa shape index (κ2) is 3.13. The lowest BCUT2D eigenvalue weighted by atomic mass is 10.2. The lowest BCUT2D eigenvalue weighted by molar-refractivity contribution is 0.628. The summed E-state index contributed by atoms with van der Waals surface area (Å²) >= 11 is 11.0. The van der Waals surface area contributed by atoms with Gasteiger partial charge in [0.1, 0.15) is 5.82 Å². The van der Waals surface area contributed by atoms with Gasteiger partial charge in [-0.25, -0.2) is 4.39 Å². The summed E-state index contributed by atoms with van der Waals surface area (Å²) in [7, 11) is 0. The zero-order chi connectivity index (χ0) is 8.43. The number of rotatable bonds is 0. The number of halogens is 3. The van der Waals surface area contributed by atoms with Crippen LogP contribution in [0.2, 0.25) is 10.0 Å². The van der Waals surface area contributed by atoms with Crippen LogP contribution in [0.15, 0.2) is 12.1 Å². The van der Waals surface area contributed by atoms with Crippen LogP contribution in [-0.2, 0) is 0 Å². The van der Waals surface area contributed by atoms with E-state index in [0.717, 1.165) is 6.07 Å². The summed E-state index contributed by atoms with van der Waals surface area (Å²) in [5.41, 5.74) is 0.401. The Morgan fingerprint density at radius 3 is 2.45 bits per heavy atom. The first-order chi connectivity index (χ1) is 5.15. The van der Waals surface area contributed by atoms with E-state index >= 15 is 0 Å². The molecule has 3 heteroatoms. The zero-order valence-electron chi connectivity index (χ0n) is 5.37. The van der Waals surface area contributed by atoms with Crippen LogP contribution >= 0.6 is 23.2 Å². The van der Waals surface area contributed by atoms with Gasteiger partial charge < -0.3 is 0 Å². The second-order valence-corrected chi connectivity index (χ2v) is 2.70. The van der Waals surface area contributed by atoms with E-state index in [2.05, 4.69) is 5.92 Å². The molecule has 1 rings (SSSR count). The second-order valence-electron chi connectivity index (χ2n) is 1.89. The van der Waals surface area contributed by atoms with Crippen molar-refractivity contribution < 1.29 is 4.39 Å². The van der Waals surface area contributed by atoms with Crippen molar-refractivity contribution in [2.45, 2.75) is 0 Å². The van der Waals surface area contributed by atoms with Crippen molar-refractivity contribution in [2.24, 2.45) is 0 Å². The van der Waals surface area contributed by atoms with Gasteiger partial charge in [-0.3, -0.25) is 0 Å². The van der Waals surface area contributed by atoms with Crippen LogP contribution in [0.25, 0.3) is 0 Å². The molecular formula is C8H3Cl2F. The molecule has 0 bridgehead atoms. The van der Waals surface area contributed by atoms with Gasteiger partial charge in [-0.2, -0.15) is 0 Å². The molecule has 0 aliphatic rings. The smallest absolute Gasteiger partial charge is 0.143 e. The van der Waals surface area contributed by atoms with E-state index in [1.54, 1.807) is 0 Å². The Hall–Kier alpha value is -0.710. The van der Waals surface area contributed by atoms with E-state index in [9.17, 15) is 4.39 Å². The van der Waals surface area contributed by atoms with Gasteiger partial charge in [-0.05, 0) is 12.1 Å². The maximum atomic E-state index is 12.6. The molecule has 11 heavy (non-hydrogen) atoms. The van der Waals surface area contributed by atoms with Crippen LogP contribution < -0.4 is 0 Å². The third-order valence-corrected chi connectivity index (χ3v) is 1.77. The quantitative estimate of drug-likeness (QED) is 0.434. The van der Waals surface area contributed by atoms with E-state index in [1.807, 2.05) is 0 Å². The van der Waals surface area contributed by atoms with Crippen molar-refractivity contribution in [3.05, 3.63) is 33.6 Å². The highest BCUT2D eigenvalue weighted by atomic mass is 35.5. The van der Waals surface area contributed by atoms with Crippen LogP contribution in [-0.4, -0.2) is 0 Å². The SMILES string of the molecule is C#Cc1cc(Cl)c(F)cc1Cl. The molecule has 56 valence electrons. The minimum absolute atomic E-state index is 0.0117. The van der Waals surface area contributed by atoms with Gasteiger partial charge in [-0.1, -0.05) is 29.1 Å². The Bertz CT molecular complexity index is 326. The van der Waals surface area contributed by atoms with E-state index in [-0.39, 0.29) is 10.0 Å². The van der Waals surface area contributed by atoms with Crippen LogP contribution in [0.5, 0.6) is 0 Å². The molecule has 0 atom stereocenters. The molecule has 1 aromatic rings. The Morgan fingerprint density at radius 1 is 1.27 bits per heavy atom. The molecule has 0 fully saturated rings. The number of hydrogen-bond donors (Lipinski definition) is 0. The van der Waals surface area contributed by atoms with Crippen LogP contribution in [0.3, 0.4) is 0 Å². The number of terminal acetylenes is 1. The molecule has 0 spiro atoms. The fourth-order valence-corrected chi connectivity index (χ4v) is 1.00. The molecule has 0 aliphatic heterocycles. The van der Waals surface area contributed by atoms with E-state index in [0.29, 0.717) is 5.56 Å². The predicted octanol–water partition coefficient (Wildman–Crippen LogP) is 3.11. The molecule has 0 saturated carbocycles. The van der Waals surface area contributed by atoms with Crippen molar-refractivity contribution in [3.63, 3.8) is 0 Å². The Balaban J connectivity index is 3.35. The Morgan fingerprint density at radius 2 is 1.91 bits per heavy atom. The molecule has 0 aromatic heterocycles. The maximum Gasteiger partial charge on any atom is 0.143 e. The van der Waals surface area contributed by atoms with Gasteiger partial charge in [0.2, 0.25) is 0 Å². The van der Waals surface area contributed by atoms with Crippen LogP contribution in [0, 0.1) is 18.2 Å². The molecule has 0 amide bonds. The monoisotopic (exact) mass is 188 g/mol. The highest BCUT2D eigenvalue weighted by Gasteiger charge is 2.03. The van der Waals surface area contributed by atoms with Crippen molar-refractivity contribution in [2.75, 3.05) is 0 Å². The average molecular weight is 189 g/mol. The molecule has 0 nitrogen and oxygen atoms in total. The van der Waals surface area contributed by atoms with Crippen LogP contribution in [0.1, 0.15) is 5.56 Å². The fourth-order valence-electron chi connectivity index (χ4n) is 0.633. The molecular weight excluding hydrogens is 186 g/mol. The number of benzene rings is 1. The Kier molecular flexibility index (Phi) is 2.38. The van der Waals surface area contributed by atoms with Crippen LogP contribution in [0.4, 0.5) is 4.39 Å². The normalized spacial score (nSPS) is 9.27. The summed E-state index contributed by atoms with van der Waals surface area (Å²) < 4.78 is 12.6. The van der Waals surface area contributed by atoms with E-state index < -0.39 is 5.82 Å². The van der Waals surface area contributed by atoms with Gasteiger partial charge in [0.15, 0.2) is 0 Å². The average Bonchev–Trinajstić information content (AvgIpc) is 1.97.